The summed E-state index contributed by atoms with van der Waals surface area (Å²) in [5.41, 5.74) is 0.899. The Morgan fingerprint density at radius 1 is 1.30 bits per heavy atom. The van der Waals surface area contributed by atoms with Gasteiger partial charge in [0.1, 0.15) is 16.2 Å². The number of aromatic nitrogens is 4. The molecular weight excluding hydrogens is 368 g/mol. The number of sulfonamides is 1. The second kappa shape index (κ2) is 6.46. The van der Waals surface area contributed by atoms with E-state index >= 15 is 0 Å². The summed E-state index contributed by atoms with van der Waals surface area (Å²) >= 11 is 0. The lowest BCUT2D eigenvalue weighted by molar-refractivity contribution is 0.0635. The zero-order valence-electron chi connectivity index (χ0n) is 15.0. The largest absolute Gasteiger partial charge is 0.345 e. The molecule has 0 saturated carbocycles. The fourth-order valence-electron chi connectivity index (χ4n) is 3.44. The van der Waals surface area contributed by atoms with Gasteiger partial charge in [0, 0.05) is 56.7 Å². The highest BCUT2D eigenvalue weighted by atomic mass is 32.2. The van der Waals surface area contributed by atoms with Gasteiger partial charge in [-0.15, -0.1) is 0 Å². The van der Waals surface area contributed by atoms with Gasteiger partial charge in [-0.1, -0.05) is 0 Å². The van der Waals surface area contributed by atoms with E-state index in [2.05, 4.69) is 15.1 Å². The third-order valence-electron chi connectivity index (χ3n) is 4.79. The van der Waals surface area contributed by atoms with E-state index < -0.39 is 10.0 Å². The van der Waals surface area contributed by atoms with Crippen molar-refractivity contribution in [3.63, 3.8) is 0 Å². The van der Waals surface area contributed by atoms with Gasteiger partial charge in [-0.2, -0.15) is 9.40 Å². The summed E-state index contributed by atoms with van der Waals surface area (Å²) in [7, 11) is -1.95. The first-order valence-corrected chi connectivity index (χ1v) is 10.0. The number of hydrogen-bond donors (Lipinski definition) is 1. The number of aryl methyl sites for hydroxylation is 1. The van der Waals surface area contributed by atoms with Gasteiger partial charge in [0.25, 0.3) is 5.91 Å². The molecule has 0 radical (unpaired) electrons. The van der Waals surface area contributed by atoms with Crippen molar-refractivity contribution in [2.24, 2.45) is 7.05 Å². The van der Waals surface area contributed by atoms with Gasteiger partial charge in [0.15, 0.2) is 0 Å². The minimum absolute atomic E-state index is 0.184. The van der Waals surface area contributed by atoms with Crippen molar-refractivity contribution < 1.29 is 13.2 Å². The van der Waals surface area contributed by atoms with Gasteiger partial charge in [-0.05, 0) is 25.1 Å². The van der Waals surface area contributed by atoms with Crippen molar-refractivity contribution in [2.45, 2.75) is 17.9 Å². The number of piperazine rings is 1. The molecule has 0 aliphatic carbocycles. The summed E-state index contributed by atoms with van der Waals surface area (Å²) in [5.74, 6) is -0.184. The lowest BCUT2D eigenvalue weighted by Gasteiger charge is -2.38. The molecule has 1 N–H and O–H groups in total. The molecule has 0 spiro atoms. The Kier molecular flexibility index (Phi) is 4.23. The Morgan fingerprint density at radius 3 is 2.81 bits per heavy atom. The topological polar surface area (TPSA) is 104 Å². The van der Waals surface area contributed by atoms with Crippen LogP contribution >= 0.6 is 0 Å². The molecule has 1 atom stereocenters. The molecule has 3 aromatic heterocycles. The quantitative estimate of drug-likeness (QED) is 0.716. The molecule has 0 unspecified atom stereocenters. The van der Waals surface area contributed by atoms with Crippen LogP contribution < -0.4 is 0 Å². The minimum atomic E-state index is -3.70. The standard InChI is InChI=1S/C17H20N6O3S/c1-12-11-22(17(24)14-5-7-21(2)20-14)8-9-23(12)27(25,26)15-10-19-16-13(15)4-3-6-18-16/h3-7,10,12H,8-9,11H2,1-2H3,(H,18,19)/t12-/m1/s1. The van der Waals surface area contributed by atoms with Gasteiger partial charge >= 0.3 is 0 Å². The monoisotopic (exact) mass is 388 g/mol. The Hall–Kier alpha value is -2.72. The van der Waals surface area contributed by atoms with Crippen molar-refractivity contribution >= 4 is 27.0 Å². The number of aromatic amines is 1. The molecule has 142 valence electrons. The average molecular weight is 388 g/mol. The van der Waals surface area contributed by atoms with E-state index in [-0.39, 0.29) is 23.4 Å². The molecule has 1 saturated heterocycles. The SMILES string of the molecule is C[C@@H]1CN(C(=O)c2ccn(C)n2)CCN1S(=O)(=O)c1c[nH]c2ncccc12. The first-order chi connectivity index (χ1) is 12.9. The molecule has 1 aliphatic heterocycles. The smallest absolute Gasteiger partial charge is 0.274 e. The number of amides is 1. The number of fused-ring (bicyclic) bond motifs is 1. The summed E-state index contributed by atoms with van der Waals surface area (Å²) in [5, 5.41) is 4.70. The van der Waals surface area contributed by atoms with Crippen molar-refractivity contribution in [1.29, 1.82) is 0 Å². The molecular formula is C17H20N6O3S. The maximum atomic E-state index is 13.2. The number of carbonyl (C=O) groups is 1. The van der Waals surface area contributed by atoms with Crippen LogP contribution in [0, 0.1) is 0 Å². The Balaban J connectivity index is 1.57. The first-order valence-electron chi connectivity index (χ1n) is 8.61. The van der Waals surface area contributed by atoms with Gasteiger partial charge in [-0.3, -0.25) is 9.48 Å². The van der Waals surface area contributed by atoms with Crippen molar-refractivity contribution in [2.75, 3.05) is 19.6 Å². The zero-order valence-corrected chi connectivity index (χ0v) is 15.8. The number of nitrogens with zero attached hydrogens (tertiary/aromatic N) is 5. The summed E-state index contributed by atoms with van der Waals surface area (Å²) in [6, 6.07) is 4.76. The molecule has 1 aliphatic rings. The maximum absolute atomic E-state index is 13.2. The van der Waals surface area contributed by atoms with Crippen molar-refractivity contribution in [3.05, 3.63) is 42.5 Å². The van der Waals surface area contributed by atoms with Gasteiger partial charge in [-0.25, -0.2) is 13.4 Å². The van der Waals surface area contributed by atoms with Crippen LogP contribution in [0.3, 0.4) is 0 Å². The molecule has 0 aromatic carbocycles. The molecule has 27 heavy (non-hydrogen) atoms. The highest BCUT2D eigenvalue weighted by Crippen LogP contribution is 2.27. The molecule has 3 aromatic rings. The Labute approximate surface area is 156 Å². The highest BCUT2D eigenvalue weighted by Gasteiger charge is 2.37. The Morgan fingerprint density at radius 2 is 2.11 bits per heavy atom. The second-order valence-electron chi connectivity index (χ2n) is 6.64. The molecule has 0 bridgehead atoms. The fourth-order valence-corrected chi connectivity index (χ4v) is 5.21. The van der Waals surface area contributed by atoms with Crippen molar-refractivity contribution in [1.82, 2.24) is 29.0 Å². The van der Waals surface area contributed by atoms with Gasteiger partial charge in [0.2, 0.25) is 10.0 Å². The number of hydrogen-bond acceptors (Lipinski definition) is 5. The lowest BCUT2D eigenvalue weighted by atomic mass is 10.2. The van der Waals surface area contributed by atoms with Crippen LogP contribution in [0.1, 0.15) is 17.4 Å². The molecule has 9 nitrogen and oxygen atoms in total. The van der Waals surface area contributed by atoms with Gasteiger partial charge in [0.05, 0.1) is 0 Å². The van der Waals surface area contributed by atoms with E-state index in [9.17, 15) is 13.2 Å². The number of rotatable bonds is 3. The maximum Gasteiger partial charge on any atom is 0.274 e. The molecule has 4 rings (SSSR count). The van der Waals surface area contributed by atoms with E-state index in [1.807, 2.05) is 6.92 Å². The van der Waals surface area contributed by atoms with Crippen LogP contribution in [0.25, 0.3) is 11.0 Å². The van der Waals surface area contributed by atoms with Crippen LogP contribution in [0.15, 0.2) is 41.7 Å². The van der Waals surface area contributed by atoms with Crippen LogP contribution in [0.2, 0.25) is 0 Å². The normalized spacial score (nSPS) is 18.9. The van der Waals surface area contributed by atoms with Crippen LogP contribution in [-0.4, -0.2) is 69.0 Å². The molecule has 4 heterocycles. The number of H-pyrrole nitrogens is 1. The third-order valence-corrected chi connectivity index (χ3v) is 6.84. The highest BCUT2D eigenvalue weighted by molar-refractivity contribution is 7.89. The molecule has 1 fully saturated rings. The minimum Gasteiger partial charge on any atom is -0.345 e. The summed E-state index contributed by atoms with van der Waals surface area (Å²) < 4.78 is 29.4. The van der Waals surface area contributed by atoms with Crippen molar-refractivity contribution in [3.8, 4) is 0 Å². The second-order valence-corrected chi connectivity index (χ2v) is 8.50. The lowest BCUT2D eigenvalue weighted by Crippen LogP contribution is -2.55. The Bertz CT molecular complexity index is 1100. The average Bonchev–Trinajstić information content (AvgIpc) is 3.27. The fraction of sp³-hybridized carbons (Fsp3) is 0.353. The predicted octanol–water partition coefficient (Wildman–Crippen LogP) is 0.832. The predicted molar refractivity (Wildman–Crippen MR) is 98.6 cm³/mol. The first kappa shape index (κ1) is 17.7. The van der Waals surface area contributed by atoms with Crippen LogP contribution in [0.4, 0.5) is 0 Å². The van der Waals surface area contributed by atoms with E-state index in [1.165, 1.54) is 10.5 Å². The zero-order chi connectivity index (χ0) is 19.2. The summed E-state index contributed by atoms with van der Waals surface area (Å²) in [6.07, 6.45) is 4.80. The van der Waals surface area contributed by atoms with E-state index in [4.69, 9.17) is 0 Å². The van der Waals surface area contributed by atoms with Gasteiger partial charge < -0.3 is 9.88 Å². The number of carbonyl (C=O) groups excluding carboxylic acids is 1. The number of pyridine rings is 1. The summed E-state index contributed by atoms with van der Waals surface area (Å²) in [4.78, 5) is 21.5. The summed E-state index contributed by atoms with van der Waals surface area (Å²) in [6.45, 7) is 2.67. The molecule has 10 heteroatoms. The molecule has 1 amide bonds. The third kappa shape index (κ3) is 3.00. The van der Waals surface area contributed by atoms with Crippen LogP contribution in [0.5, 0.6) is 0 Å². The van der Waals surface area contributed by atoms with E-state index in [1.54, 1.807) is 47.2 Å². The number of nitrogens with one attached hydrogen (secondary N) is 1. The van der Waals surface area contributed by atoms with E-state index in [0.29, 0.717) is 29.8 Å². The van der Waals surface area contributed by atoms with E-state index in [0.717, 1.165) is 0 Å². The van der Waals surface area contributed by atoms with Crippen LogP contribution in [-0.2, 0) is 17.1 Å².